The van der Waals surface area contributed by atoms with Crippen molar-refractivity contribution < 1.29 is 24.2 Å². The number of anilines is 2. The third-order valence-corrected chi connectivity index (χ3v) is 9.74. The lowest BCUT2D eigenvalue weighted by Gasteiger charge is -2.36. The second-order valence-electron chi connectivity index (χ2n) is 12.8. The van der Waals surface area contributed by atoms with Crippen molar-refractivity contribution in [1.82, 2.24) is 14.9 Å². The van der Waals surface area contributed by atoms with E-state index in [-0.39, 0.29) is 35.8 Å². The number of rotatable bonds is 14. The van der Waals surface area contributed by atoms with Crippen LogP contribution in [0.3, 0.4) is 0 Å². The van der Waals surface area contributed by atoms with Gasteiger partial charge in [-0.05, 0) is 58.9 Å². The van der Waals surface area contributed by atoms with E-state index < -0.39 is 6.29 Å². The molecule has 0 radical (unpaired) electrons. The minimum atomic E-state index is -0.633. The van der Waals surface area contributed by atoms with Crippen molar-refractivity contribution in [1.29, 1.82) is 0 Å². The lowest BCUT2D eigenvalue weighted by Crippen LogP contribution is -2.32. The number of hydrogen-bond acceptors (Lipinski definition) is 7. The first-order chi connectivity index (χ1) is 25.2. The van der Waals surface area contributed by atoms with Gasteiger partial charge in [0.1, 0.15) is 5.15 Å². The first kappa shape index (κ1) is 37.1. The number of amides is 2. The molecule has 0 spiro atoms. The zero-order valence-electron chi connectivity index (χ0n) is 28.5. The molecule has 52 heavy (non-hydrogen) atoms. The fourth-order valence-electron chi connectivity index (χ4n) is 6.10. The topological polar surface area (TPSA) is 141 Å². The van der Waals surface area contributed by atoms with E-state index >= 15 is 0 Å². The number of unbranched alkanes of at least 4 members (excludes halogenated alkanes) is 1. The van der Waals surface area contributed by atoms with Crippen molar-refractivity contribution in [3.63, 3.8) is 0 Å². The minimum absolute atomic E-state index is 0.0283. The monoisotopic (exact) mass is 741 g/mol. The molecule has 0 saturated carbocycles. The fraction of sp³-hybridized carbons (Fsp3) is 0.275. The summed E-state index contributed by atoms with van der Waals surface area (Å²) >= 11 is 12.5. The summed E-state index contributed by atoms with van der Waals surface area (Å²) in [6.45, 7) is 0.822. The van der Waals surface area contributed by atoms with Gasteiger partial charge in [-0.1, -0.05) is 102 Å². The van der Waals surface area contributed by atoms with E-state index in [1.165, 1.54) is 0 Å². The Hall–Kier alpha value is -4.71. The summed E-state index contributed by atoms with van der Waals surface area (Å²) in [7, 11) is 0. The molecule has 270 valence electrons. The van der Waals surface area contributed by atoms with Crippen molar-refractivity contribution >= 4 is 46.4 Å². The highest BCUT2D eigenvalue weighted by Crippen LogP contribution is 2.39. The molecule has 0 aliphatic carbocycles. The molecular weight excluding hydrogens is 701 g/mol. The molecule has 5 aromatic rings. The van der Waals surface area contributed by atoms with Gasteiger partial charge in [0.25, 0.3) is 0 Å². The van der Waals surface area contributed by atoms with Gasteiger partial charge in [0, 0.05) is 31.4 Å². The molecule has 10 nitrogen and oxygen atoms in total. The van der Waals surface area contributed by atoms with Crippen LogP contribution in [0.1, 0.15) is 66.8 Å². The molecule has 6 rings (SSSR count). The summed E-state index contributed by atoms with van der Waals surface area (Å²) in [6, 6.07) is 31.0. The number of imidazole rings is 1. The number of aromatic nitrogens is 2. The molecule has 1 aromatic heterocycles. The highest BCUT2D eigenvalue weighted by Gasteiger charge is 2.33. The van der Waals surface area contributed by atoms with Crippen LogP contribution in [0.15, 0.2) is 103 Å². The SMILES string of the molecule is Nc1ccccc1NC(=O)CCCCC(=O)NCc1cccc(-c2ccc([C@@H]3O[C@H](Cn4cnc(Cl)c4Cl)C[C@H](c4ccc(CO)cc4)O3)cc2)c1. The quantitative estimate of drug-likeness (QED) is 0.0668. The first-order valence-corrected chi connectivity index (χ1v) is 18.0. The summed E-state index contributed by atoms with van der Waals surface area (Å²) in [5, 5.41) is 15.9. The number of ether oxygens (including phenoxy) is 2. The molecular formula is C40H41Cl2N5O5. The van der Waals surface area contributed by atoms with E-state index in [0.29, 0.717) is 61.7 Å². The minimum Gasteiger partial charge on any atom is -0.397 e. The Morgan fingerprint density at radius 3 is 2.29 bits per heavy atom. The number of halogens is 2. The Morgan fingerprint density at radius 1 is 0.846 bits per heavy atom. The number of aliphatic hydroxyl groups excluding tert-OH is 1. The Kier molecular flexibility index (Phi) is 12.6. The smallest absolute Gasteiger partial charge is 0.224 e. The Balaban J connectivity index is 1.03. The number of aliphatic hydroxyl groups is 1. The molecule has 0 bridgehead atoms. The molecule has 4 aromatic carbocycles. The standard InChI is InChI=1S/C40H41Cl2N5O5/c41-38-39(42)47(25-45-38)23-32-21-35(29-14-12-26(24-48)13-15-29)52-40(51-32)30-18-16-28(17-19-30)31-7-5-6-27(20-31)22-44-36(49)10-3-4-11-37(50)46-34-9-2-1-8-33(34)43/h1-2,5-9,12-20,25,32,35,40,48H,3-4,10-11,21-24,43H2,(H,44,49)(H,46,50)/t32-,35+,40+/m0/s1. The van der Waals surface area contributed by atoms with Crippen LogP contribution in [0.4, 0.5) is 11.4 Å². The summed E-state index contributed by atoms with van der Waals surface area (Å²) in [5.41, 5.74) is 12.7. The van der Waals surface area contributed by atoms with Crippen molar-refractivity contribution in [2.45, 2.75) is 70.3 Å². The maximum absolute atomic E-state index is 12.5. The van der Waals surface area contributed by atoms with Crippen LogP contribution in [0.5, 0.6) is 0 Å². The second-order valence-corrected chi connectivity index (χ2v) is 13.5. The summed E-state index contributed by atoms with van der Waals surface area (Å²) in [4.78, 5) is 28.9. The molecule has 3 atom stereocenters. The number of hydrogen-bond donors (Lipinski definition) is 4. The summed E-state index contributed by atoms with van der Waals surface area (Å²) in [5.74, 6) is -0.184. The van der Waals surface area contributed by atoms with Crippen LogP contribution in [0.25, 0.3) is 11.1 Å². The maximum Gasteiger partial charge on any atom is 0.224 e. The Bertz CT molecular complexity index is 1970. The van der Waals surface area contributed by atoms with E-state index in [0.717, 1.165) is 33.4 Å². The number of nitrogens with zero attached hydrogens (tertiary/aromatic N) is 2. The van der Waals surface area contributed by atoms with Gasteiger partial charge in [-0.2, -0.15) is 0 Å². The van der Waals surface area contributed by atoms with E-state index in [4.69, 9.17) is 38.4 Å². The van der Waals surface area contributed by atoms with E-state index in [2.05, 4.69) is 21.7 Å². The Morgan fingerprint density at radius 2 is 1.58 bits per heavy atom. The largest absolute Gasteiger partial charge is 0.397 e. The lowest BCUT2D eigenvalue weighted by atomic mass is 9.99. The average molecular weight is 743 g/mol. The molecule has 5 N–H and O–H groups in total. The number of nitrogens with two attached hydrogens (primary N) is 1. The zero-order valence-corrected chi connectivity index (χ0v) is 30.0. The number of benzene rings is 4. The van der Waals surface area contributed by atoms with Gasteiger partial charge in [-0.3, -0.25) is 9.59 Å². The van der Waals surface area contributed by atoms with E-state index in [1.54, 1.807) is 23.0 Å². The highest BCUT2D eigenvalue weighted by atomic mass is 35.5. The molecule has 2 heterocycles. The average Bonchev–Trinajstić information content (AvgIpc) is 3.49. The first-order valence-electron chi connectivity index (χ1n) is 17.2. The van der Waals surface area contributed by atoms with Crippen LogP contribution < -0.4 is 16.4 Å². The van der Waals surface area contributed by atoms with Gasteiger partial charge in [0.05, 0.1) is 43.1 Å². The van der Waals surface area contributed by atoms with Gasteiger partial charge in [0.15, 0.2) is 11.4 Å². The van der Waals surface area contributed by atoms with Crippen molar-refractivity contribution in [3.8, 4) is 11.1 Å². The highest BCUT2D eigenvalue weighted by molar-refractivity contribution is 6.40. The van der Waals surface area contributed by atoms with Gasteiger partial charge >= 0.3 is 0 Å². The van der Waals surface area contributed by atoms with Gasteiger partial charge in [-0.15, -0.1) is 0 Å². The van der Waals surface area contributed by atoms with Crippen LogP contribution >= 0.6 is 23.2 Å². The van der Waals surface area contributed by atoms with Crippen LogP contribution in [0, 0.1) is 0 Å². The molecule has 1 aliphatic heterocycles. The Labute approximate surface area is 312 Å². The molecule has 1 saturated heterocycles. The van der Waals surface area contributed by atoms with E-state index in [1.807, 2.05) is 78.9 Å². The zero-order chi connectivity index (χ0) is 36.5. The van der Waals surface area contributed by atoms with Gasteiger partial charge in [0.2, 0.25) is 11.8 Å². The molecule has 2 amide bonds. The van der Waals surface area contributed by atoms with Gasteiger partial charge in [-0.25, -0.2) is 4.98 Å². The predicted molar refractivity (Wildman–Crippen MR) is 202 cm³/mol. The fourth-order valence-corrected chi connectivity index (χ4v) is 6.41. The van der Waals surface area contributed by atoms with Crippen LogP contribution in [0.2, 0.25) is 10.3 Å². The molecule has 1 aliphatic rings. The van der Waals surface area contributed by atoms with Crippen molar-refractivity contribution in [2.75, 3.05) is 11.1 Å². The third kappa shape index (κ3) is 9.78. The van der Waals surface area contributed by atoms with Crippen molar-refractivity contribution in [2.24, 2.45) is 0 Å². The predicted octanol–water partition coefficient (Wildman–Crippen LogP) is 7.99. The summed E-state index contributed by atoms with van der Waals surface area (Å²) < 4.78 is 14.7. The number of nitrogen functional groups attached to an aromatic ring is 1. The van der Waals surface area contributed by atoms with Crippen LogP contribution in [-0.4, -0.2) is 32.6 Å². The van der Waals surface area contributed by atoms with E-state index in [9.17, 15) is 14.7 Å². The number of para-hydroxylation sites is 2. The van der Waals surface area contributed by atoms with Gasteiger partial charge < -0.3 is 35.5 Å². The number of carbonyl (C=O) groups is 2. The molecule has 12 heteroatoms. The van der Waals surface area contributed by atoms with Crippen molar-refractivity contribution in [3.05, 3.63) is 136 Å². The lowest BCUT2D eigenvalue weighted by molar-refractivity contribution is -0.252. The molecule has 1 fully saturated rings. The van der Waals surface area contributed by atoms with Crippen LogP contribution in [-0.2, 0) is 38.8 Å². The molecule has 0 unspecified atom stereocenters. The normalized spacial score (nSPS) is 17.1. The third-order valence-electron chi connectivity index (χ3n) is 8.97. The second kappa shape index (κ2) is 17.7. The number of nitrogens with one attached hydrogen (secondary N) is 2. The number of carbonyl (C=O) groups excluding carboxylic acids is 2. The maximum atomic E-state index is 12.5. The summed E-state index contributed by atoms with van der Waals surface area (Å²) in [6.07, 6.45) is 2.93.